The molecule has 0 aromatic carbocycles. The van der Waals surface area contributed by atoms with Gasteiger partial charge in [-0.15, -0.1) is 0 Å². The van der Waals surface area contributed by atoms with E-state index in [0.29, 0.717) is 0 Å². The minimum absolute atomic E-state index is 0.340. The maximum atomic E-state index is 10.2. The molecule has 1 N–H and O–H groups in total. The van der Waals surface area contributed by atoms with E-state index in [1.54, 1.807) is 0 Å². The summed E-state index contributed by atoms with van der Waals surface area (Å²) in [4.78, 5) is 17.2. The van der Waals surface area contributed by atoms with Gasteiger partial charge in [0.25, 0.3) is 0 Å². The van der Waals surface area contributed by atoms with Crippen molar-refractivity contribution in [3.8, 4) is 0 Å². The van der Waals surface area contributed by atoms with Gasteiger partial charge in [-0.2, -0.15) is 0 Å². The Labute approximate surface area is 82.3 Å². The summed E-state index contributed by atoms with van der Waals surface area (Å²) in [5.74, 6) is -0.980. The monoisotopic (exact) mass is 198 g/mol. The van der Waals surface area contributed by atoms with Crippen LogP contribution >= 0.6 is 0 Å². The fourth-order valence-electron chi connectivity index (χ4n) is 1.67. The first kappa shape index (κ1) is 9.45. The third kappa shape index (κ3) is 2.45. The largest absolute Gasteiger partial charge is 0.479 e. The third-order valence-electron chi connectivity index (χ3n) is 2.52. The Balaban J connectivity index is 1.73. The van der Waals surface area contributed by atoms with E-state index in [4.69, 9.17) is 5.11 Å². The lowest BCUT2D eigenvalue weighted by atomic mass is 10.3. The smallest absolute Gasteiger partial charge is 0.344 e. The molecule has 0 aromatic rings. The van der Waals surface area contributed by atoms with Crippen molar-refractivity contribution in [1.29, 1.82) is 0 Å². The maximum absolute atomic E-state index is 10.2. The summed E-state index contributed by atoms with van der Waals surface area (Å²) < 4.78 is 0. The van der Waals surface area contributed by atoms with Crippen LogP contribution < -0.4 is 0 Å². The lowest BCUT2D eigenvalue weighted by Crippen LogP contribution is -2.22. The summed E-state index contributed by atoms with van der Waals surface area (Å²) in [6, 6.07) is 0.752. The normalized spacial score (nSPS) is 25.6. The predicted octanol–water partition coefficient (Wildman–Crippen LogP) is 0.312. The van der Waals surface area contributed by atoms with Crippen LogP contribution in [-0.4, -0.2) is 47.4 Å². The molecule has 1 heterocycles. The number of rotatable bonds is 4. The molecular weight excluding hydrogens is 184 g/mol. The zero-order valence-corrected chi connectivity index (χ0v) is 7.98. The van der Waals surface area contributed by atoms with E-state index in [2.05, 4.69) is 14.9 Å². The molecule has 1 aliphatic carbocycles. The molecule has 0 bridgehead atoms. The first-order valence-corrected chi connectivity index (χ1v) is 4.89. The number of carbonyl (C=O) groups is 1. The van der Waals surface area contributed by atoms with Crippen molar-refractivity contribution in [1.82, 2.24) is 4.90 Å². The van der Waals surface area contributed by atoms with Crippen molar-refractivity contribution in [2.24, 2.45) is 5.16 Å². The van der Waals surface area contributed by atoms with Crippen molar-refractivity contribution in [2.45, 2.75) is 25.3 Å². The van der Waals surface area contributed by atoms with Crippen LogP contribution in [-0.2, 0) is 9.63 Å². The summed E-state index contributed by atoms with van der Waals surface area (Å²) in [6.45, 7) is 1.55. The van der Waals surface area contributed by atoms with Gasteiger partial charge < -0.3 is 9.94 Å². The summed E-state index contributed by atoms with van der Waals surface area (Å²) in [5.41, 5.74) is 0.971. The lowest BCUT2D eigenvalue weighted by molar-refractivity contribution is -0.142. The van der Waals surface area contributed by atoms with E-state index in [1.807, 2.05) is 0 Å². The van der Waals surface area contributed by atoms with Gasteiger partial charge in [-0.05, 0) is 12.8 Å². The van der Waals surface area contributed by atoms with Crippen molar-refractivity contribution in [3.05, 3.63) is 0 Å². The number of hydrogen-bond donors (Lipinski definition) is 1. The second-order valence-electron chi connectivity index (χ2n) is 3.78. The van der Waals surface area contributed by atoms with E-state index >= 15 is 0 Å². The SMILES string of the molecule is O=C(O)CON=C1CCN(C2CC2)C1. The molecule has 2 fully saturated rings. The van der Waals surface area contributed by atoms with Crippen molar-refractivity contribution < 1.29 is 14.7 Å². The van der Waals surface area contributed by atoms with Crippen molar-refractivity contribution in [2.75, 3.05) is 19.7 Å². The van der Waals surface area contributed by atoms with Crippen molar-refractivity contribution >= 4 is 11.7 Å². The number of nitrogens with zero attached hydrogens (tertiary/aromatic N) is 2. The fourth-order valence-corrected chi connectivity index (χ4v) is 1.67. The van der Waals surface area contributed by atoms with Gasteiger partial charge in [-0.3, -0.25) is 4.90 Å². The van der Waals surface area contributed by atoms with Gasteiger partial charge in [0.2, 0.25) is 6.61 Å². The maximum Gasteiger partial charge on any atom is 0.344 e. The zero-order valence-electron chi connectivity index (χ0n) is 7.98. The predicted molar refractivity (Wildman–Crippen MR) is 50.2 cm³/mol. The van der Waals surface area contributed by atoms with Gasteiger partial charge in [0.05, 0.1) is 5.71 Å². The molecule has 0 radical (unpaired) electrons. The second kappa shape index (κ2) is 3.96. The Morgan fingerprint density at radius 3 is 3.07 bits per heavy atom. The molecule has 2 rings (SSSR count). The highest BCUT2D eigenvalue weighted by molar-refractivity contribution is 5.88. The Hall–Kier alpha value is -1.10. The molecule has 5 heteroatoms. The minimum atomic E-state index is -0.980. The van der Waals surface area contributed by atoms with Gasteiger partial charge in [0.1, 0.15) is 0 Å². The first-order chi connectivity index (χ1) is 6.75. The van der Waals surface area contributed by atoms with E-state index in [-0.39, 0.29) is 6.61 Å². The summed E-state index contributed by atoms with van der Waals surface area (Å²) in [6.07, 6.45) is 3.50. The minimum Gasteiger partial charge on any atom is -0.479 e. The fraction of sp³-hybridized carbons (Fsp3) is 0.778. The van der Waals surface area contributed by atoms with Crippen LogP contribution in [0.1, 0.15) is 19.3 Å². The molecule has 78 valence electrons. The van der Waals surface area contributed by atoms with Crippen LogP contribution in [0.15, 0.2) is 5.16 Å². The highest BCUT2D eigenvalue weighted by atomic mass is 16.6. The van der Waals surface area contributed by atoms with Crippen LogP contribution in [0.2, 0.25) is 0 Å². The topological polar surface area (TPSA) is 62.1 Å². The summed E-state index contributed by atoms with van der Waals surface area (Å²) >= 11 is 0. The molecule has 2 aliphatic rings. The number of aliphatic carboxylic acids is 1. The number of likely N-dealkylation sites (tertiary alicyclic amines) is 1. The standard InChI is InChI=1S/C9H14N2O3/c12-9(13)6-14-10-7-3-4-11(5-7)8-1-2-8/h8H,1-6H2,(H,12,13). The Morgan fingerprint density at radius 1 is 1.64 bits per heavy atom. The molecule has 0 unspecified atom stereocenters. The average molecular weight is 198 g/mol. The van der Waals surface area contributed by atoms with E-state index in [1.165, 1.54) is 12.8 Å². The molecular formula is C9H14N2O3. The molecule has 5 nitrogen and oxygen atoms in total. The molecule has 14 heavy (non-hydrogen) atoms. The number of hydrogen-bond acceptors (Lipinski definition) is 4. The third-order valence-corrected chi connectivity index (χ3v) is 2.52. The summed E-state index contributed by atoms with van der Waals surface area (Å²) in [5, 5.41) is 12.2. The van der Waals surface area contributed by atoms with Crippen LogP contribution in [0.4, 0.5) is 0 Å². The highest BCUT2D eigenvalue weighted by Crippen LogP contribution is 2.28. The van der Waals surface area contributed by atoms with Crippen molar-refractivity contribution in [3.63, 3.8) is 0 Å². The lowest BCUT2D eigenvalue weighted by Gasteiger charge is -2.10. The van der Waals surface area contributed by atoms with Gasteiger partial charge in [0.15, 0.2) is 0 Å². The molecule has 0 amide bonds. The van der Waals surface area contributed by atoms with E-state index in [9.17, 15) is 4.79 Å². The first-order valence-electron chi connectivity index (χ1n) is 4.89. The van der Waals surface area contributed by atoms with Crippen LogP contribution in [0.25, 0.3) is 0 Å². The highest BCUT2D eigenvalue weighted by Gasteiger charge is 2.32. The van der Waals surface area contributed by atoms with Gasteiger partial charge in [-0.25, -0.2) is 4.79 Å². The molecule has 0 atom stereocenters. The average Bonchev–Trinajstić information content (AvgIpc) is 2.87. The van der Waals surface area contributed by atoms with Gasteiger partial charge in [-0.1, -0.05) is 5.16 Å². The molecule has 0 spiro atoms. The van der Waals surface area contributed by atoms with Crippen LogP contribution in [0.5, 0.6) is 0 Å². The number of oxime groups is 1. The number of carboxylic acid groups (broad SMARTS) is 1. The van der Waals surface area contributed by atoms with E-state index < -0.39 is 5.97 Å². The Bertz CT molecular complexity index is 261. The Kier molecular flexibility index (Phi) is 2.67. The summed E-state index contributed by atoms with van der Waals surface area (Å²) in [7, 11) is 0. The van der Waals surface area contributed by atoms with Gasteiger partial charge >= 0.3 is 5.97 Å². The van der Waals surface area contributed by atoms with Gasteiger partial charge in [0, 0.05) is 25.6 Å². The van der Waals surface area contributed by atoms with Crippen LogP contribution in [0.3, 0.4) is 0 Å². The molecule has 1 saturated heterocycles. The molecule has 1 aliphatic heterocycles. The molecule has 0 aromatic heterocycles. The Morgan fingerprint density at radius 2 is 2.43 bits per heavy atom. The number of carboxylic acids is 1. The van der Waals surface area contributed by atoms with Crippen LogP contribution in [0, 0.1) is 0 Å². The van der Waals surface area contributed by atoms with E-state index in [0.717, 1.165) is 31.3 Å². The second-order valence-corrected chi connectivity index (χ2v) is 3.78. The quantitative estimate of drug-likeness (QED) is 0.660. The molecule has 1 saturated carbocycles. The zero-order chi connectivity index (χ0) is 9.97.